The van der Waals surface area contributed by atoms with E-state index in [1.807, 2.05) is 24.3 Å². The highest BCUT2D eigenvalue weighted by atomic mass is 16.5. The lowest BCUT2D eigenvalue weighted by Gasteiger charge is -2.17. The molecule has 1 aliphatic rings. The summed E-state index contributed by atoms with van der Waals surface area (Å²) < 4.78 is 5.48. The van der Waals surface area contributed by atoms with Crippen LogP contribution in [0.15, 0.2) is 48.8 Å². The van der Waals surface area contributed by atoms with Gasteiger partial charge < -0.3 is 4.74 Å². The first-order valence-corrected chi connectivity index (χ1v) is 4.42. The van der Waals surface area contributed by atoms with Gasteiger partial charge in [-0.25, -0.2) is 0 Å². The minimum absolute atomic E-state index is 0.0891. The smallest absolute Gasteiger partial charge is 0.142 e. The van der Waals surface area contributed by atoms with E-state index >= 15 is 0 Å². The second kappa shape index (κ2) is 3.48. The van der Waals surface area contributed by atoms with Gasteiger partial charge in [0, 0.05) is 0 Å². The summed E-state index contributed by atoms with van der Waals surface area (Å²) in [5.74, 6) is 0. The molecule has 0 saturated carbocycles. The molecule has 0 N–H and O–H groups in total. The van der Waals surface area contributed by atoms with E-state index in [9.17, 15) is 0 Å². The summed E-state index contributed by atoms with van der Waals surface area (Å²) in [5, 5.41) is 0. The number of ether oxygens (including phenoxy) is 1. The molecule has 1 heterocycles. The van der Waals surface area contributed by atoms with Gasteiger partial charge in [-0.3, -0.25) is 0 Å². The molecular weight excluding hydrogens is 160 g/mol. The van der Waals surface area contributed by atoms with Crippen LogP contribution in [0.2, 0.25) is 0 Å². The molecule has 0 spiro atoms. The summed E-state index contributed by atoms with van der Waals surface area (Å²) >= 11 is 0. The van der Waals surface area contributed by atoms with E-state index in [1.54, 1.807) is 6.26 Å². The summed E-state index contributed by atoms with van der Waals surface area (Å²) in [5.41, 5.74) is 2.51. The highest BCUT2D eigenvalue weighted by Gasteiger charge is 2.10. The molecule has 1 unspecified atom stereocenters. The quantitative estimate of drug-likeness (QED) is 0.632. The standard InChI is InChI=1S/C12H12O/c1-10-6-2-3-7-11(10)12-8-4-5-9-13-12/h2-9,12H,1H3. The molecule has 1 aliphatic heterocycles. The van der Waals surface area contributed by atoms with Crippen LogP contribution in [-0.2, 0) is 4.74 Å². The van der Waals surface area contributed by atoms with Crippen molar-refractivity contribution in [3.63, 3.8) is 0 Å². The molecular formula is C12H12O. The SMILES string of the molecule is Cc1ccccc1C1C=CC=CO1. The minimum atomic E-state index is 0.0891. The Balaban J connectivity index is 2.30. The third-order valence-corrected chi connectivity index (χ3v) is 2.20. The van der Waals surface area contributed by atoms with Crippen LogP contribution < -0.4 is 0 Å². The van der Waals surface area contributed by atoms with Crippen LogP contribution in [0.25, 0.3) is 0 Å². The molecule has 0 radical (unpaired) electrons. The largest absolute Gasteiger partial charge is 0.489 e. The Morgan fingerprint density at radius 2 is 2.00 bits per heavy atom. The van der Waals surface area contributed by atoms with Crippen molar-refractivity contribution >= 4 is 0 Å². The first-order chi connectivity index (χ1) is 6.38. The van der Waals surface area contributed by atoms with Gasteiger partial charge in [-0.2, -0.15) is 0 Å². The fourth-order valence-corrected chi connectivity index (χ4v) is 1.47. The van der Waals surface area contributed by atoms with Crippen molar-refractivity contribution in [1.82, 2.24) is 0 Å². The van der Waals surface area contributed by atoms with Crippen LogP contribution in [-0.4, -0.2) is 0 Å². The summed E-state index contributed by atoms with van der Waals surface area (Å²) in [6, 6.07) is 8.29. The lowest BCUT2D eigenvalue weighted by atomic mass is 10.0. The van der Waals surface area contributed by atoms with Gasteiger partial charge in [0.05, 0.1) is 6.26 Å². The Morgan fingerprint density at radius 3 is 2.69 bits per heavy atom. The zero-order valence-electron chi connectivity index (χ0n) is 7.60. The lowest BCUT2D eigenvalue weighted by Crippen LogP contribution is -2.01. The molecule has 0 fully saturated rings. The topological polar surface area (TPSA) is 9.23 Å². The maximum absolute atomic E-state index is 5.48. The van der Waals surface area contributed by atoms with Crippen molar-refractivity contribution in [1.29, 1.82) is 0 Å². The molecule has 2 rings (SSSR count). The van der Waals surface area contributed by atoms with Crippen LogP contribution in [0.1, 0.15) is 17.2 Å². The predicted molar refractivity (Wildman–Crippen MR) is 53.3 cm³/mol. The second-order valence-electron chi connectivity index (χ2n) is 3.13. The zero-order valence-corrected chi connectivity index (χ0v) is 7.60. The van der Waals surface area contributed by atoms with Crippen molar-refractivity contribution in [2.45, 2.75) is 13.0 Å². The monoisotopic (exact) mass is 172 g/mol. The fraction of sp³-hybridized carbons (Fsp3) is 0.167. The lowest BCUT2D eigenvalue weighted by molar-refractivity contribution is 0.185. The summed E-state index contributed by atoms with van der Waals surface area (Å²) in [6.07, 6.45) is 7.79. The van der Waals surface area contributed by atoms with Crippen LogP contribution in [0, 0.1) is 6.92 Å². The highest BCUT2D eigenvalue weighted by molar-refractivity contribution is 5.31. The predicted octanol–water partition coefficient (Wildman–Crippen LogP) is 3.14. The number of allylic oxidation sites excluding steroid dienone is 2. The van der Waals surface area contributed by atoms with Gasteiger partial charge in [-0.05, 0) is 30.2 Å². The molecule has 0 amide bonds. The van der Waals surface area contributed by atoms with Gasteiger partial charge in [0.15, 0.2) is 0 Å². The van der Waals surface area contributed by atoms with Gasteiger partial charge in [-0.1, -0.05) is 30.3 Å². The molecule has 0 bridgehead atoms. The summed E-state index contributed by atoms with van der Waals surface area (Å²) in [6.45, 7) is 2.10. The summed E-state index contributed by atoms with van der Waals surface area (Å²) in [4.78, 5) is 0. The van der Waals surface area contributed by atoms with Gasteiger partial charge >= 0.3 is 0 Å². The molecule has 0 aromatic heterocycles. The van der Waals surface area contributed by atoms with Crippen molar-refractivity contribution in [3.8, 4) is 0 Å². The Bertz CT molecular complexity index is 350. The van der Waals surface area contributed by atoms with E-state index in [1.165, 1.54) is 11.1 Å². The van der Waals surface area contributed by atoms with Gasteiger partial charge in [0.25, 0.3) is 0 Å². The van der Waals surface area contributed by atoms with E-state index in [-0.39, 0.29) is 6.10 Å². The van der Waals surface area contributed by atoms with Crippen LogP contribution in [0.5, 0.6) is 0 Å². The van der Waals surface area contributed by atoms with Crippen molar-refractivity contribution in [2.24, 2.45) is 0 Å². The molecule has 1 aromatic carbocycles. The third kappa shape index (κ3) is 1.64. The first kappa shape index (κ1) is 8.11. The maximum atomic E-state index is 5.48. The van der Waals surface area contributed by atoms with E-state index < -0.39 is 0 Å². The molecule has 1 atom stereocenters. The molecule has 1 aromatic rings. The first-order valence-electron chi connectivity index (χ1n) is 4.42. The van der Waals surface area contributed by atoms with Gasteiger partial charge in [0.2, 0.25) is 0 Å². The van der Waals surface area contributed by atoms with Crippen molar-refractivity contribution in [3.05, 3.63) is 59.9 Å². The van der Waals surface area contributed by atoms with E-state index in [4.69, 9.17) is 4.74 Å². The highest BCUT2D eigenvalue weighted by Crippen LogP contribution is 2.24. The molecule has 0 aliphatic carbocycles. The Kier molecular flexibility index (Phi) is 2.17. The Hall–Kier alpha value is -1.50. The molecule has 1 heteroatoms. The van der Waals surface area contributed by atoms with Crippen molar-refractivity contribution < 1.29 is 4.74 Å². The zero-order chi connectivity index (χ0) is 9.10. The number of benzene rings is 1. The number of aryl methyl sites for hydroxylation is 1. The Morgan fingerprint density at radius 1 is 1.15 bits per heavy atom. The van der Waals surface area contributed by atoms with Crippen molar-refractivity contribution in [2.75, 3.05) is 0 Å². The number of hydrogen-bond donors (Lipinski definition) is 0. The number of hydrogen-bond acceptors (Lipinski definition) is 1. The molecule has 0 saturated heterocycles. The average Bonchev–Trinajstić information content (AvgIpc) is 2.20. The molecule has 66 valence electrons. The second-order valence-corrected chi connectivity index (χ2v) is 3.13. The maximum Gasteiger partial charge on any atom is 0.142 e. The molecule has 13 heavy (non-hydrogen) atoms. The average molecular weight is 172 g/mol. The van der Waals surface area contributed by atoms with E-state index in [0.29, 0.717) is 0 Å². The van der Waals surface area contributed by atoms with Gasteiger partial charge in [0.1, 0.15) is 6.10 Å². The normalized spacial score (nSPS) is 19.9. The van der Waals surface area contributed by atoms with Gasteiger partial charge in [-0.15, -0.1) is 0 Å². The summed E-state index contributed by atoms with van der Waals surface area (Å²) in [7, 11) is 0. The number of rotatable bonds is 1. The van der Waals surface area contributed by atoms with Crippen LogP contribution in [0.4, 0.5) is 0 Å². The Labute approximate surface area is 78.3 Å². The minimum Gasteiger partial charge on any atom is -0.489 e. The molecule has 1 nitrogen and oxygen atoms in total. The van der Waals surface area contributed by atoms with Crippen LogP contribution >= 0.6 is 0 Å². The third-order valence-electron chi connectivity index (χ3n) is 2.20. The fourth-order valence-electron chi connectivity index (χ4n) is 1.47. The van der Waals surface area contributed by atoms with Crippen LogP contribution in [0.3, 0.4) is 0 Å². The van der Waals surface area contributed by atoms with E-state index in [0.717, 1.165) is 0 Å². The van der Waals surface area contributed by atoms with E-state index in [2.05, 4.69) is 25.1 Å².